The standard InChI is InChI=1S/C28H22O6/c29-20-6-4-18(5-7-20)28-27(19-12-23(32)15-24(33)13-19)25-11-16(3-8-26(25)34-28)1-2-17-9-21(30)14-22(31)10-17/h1-15,27-33H/b2-1-. The van der Waals surface area contributed by atoms with Crippen LogP contribution in [0.25, 0.3) is 12.2 Å². The van der Waals surface area contributed by atoms with E-state index in [2.05, 4.69) is 0 Å². The van der Waals surface area contributed by atoms with Crippen LogP contribution in [0.1, 0.15) is 39.8 Å². The average Bonchev–Trinajstić information content (AvgIpc) is 3.15. The highest BCUT2D eigenvalue weighted by Gasteiger charge is 2.37. The van der Waals surface area contributed by atoms with Crippen LogP contribution < -0.4 is 4.74 Å². The molecule has 4 aromatic carbocycles. The maximum absolute atomic E-state index is 10.1. The van der Waals surface area contributed by atoms with Crippen LogP contribution in [0.5, 0.6) is 34.5 Å². The van der Waals surface area contributed by atoms with Gasteiger partial charge in [0.1, 0.15) is 40.6 Å². The molecule has 34 heavy (non-hydrogen) atoms. The minimum Gasteiger partial charge on any atom is -0.508 e. The number of benzene rings is 4. The van der Waals surface area contributed by atoms with Crippen molar-refractivity contribution in [3.05, 3.63) is 107 Å². The zero-order chi connectivity index (χ0) is 23.8. The predicted molar refractivity (Wildman–Crippen MR) is 128 cm³/mol. The molecule has 0 aliphatic carbocycles. The number of hydrogen-bond acceptors (Lipinski definition) is 6. The molecule has 5 rings (SSSR count). The summed E-state index contributed by atoms with van der Waals surface area (Å²) in [6.45, 7) is 0. The Hall–Kier alpha value is -4.58. The third-order valence-electron chi connectivity index (χ3n) is 5.82. The first kappa shape index (κ1) is 21.3. The summed E-state index contributed by atoms with van der Waals surface area (Å²) in [5, 5.41) is 49.4. The van der Waals surface area contributed by atoms with Gasteiger partial charge in [-0.1, -0.05) is 30.4 Å². The number of ether oxygens (including phenoxy) is 1. The average molecular weight is 454 g/mol. The fourth-order valence-electron chi connectivity index (χ4n) is 4.37. The van der Waals surface area contributed by atoms with Crippen molar-refractivity contribution in [2.24, 2.45) is 0 Å². The number of rotatable bonds is 4. The second-order valence-corrected chi connectivity index (χ2v) is 8.30. The fraction of sp³-hybridized carbons (Fsp3) is 0.0714. The molecule has 4 aromatic rings. The zero-order valence-corrected chi connectivity index (χ0v) is 18.0. The lowest BCUT2D eigenvalue weighted by Gasteiger charge is -2.20. The van der Waals surface area contributed by atoms with Crippen molar-refractivity contribution in [2.75, 3.05) is 0 Å². The highest BCUT2D eigenvalue weighted by Crippen LogP contribution is 2.51. The summed E-state index contributed by atoms with van der Waals surface area (Å²) in [5.41, 5.74) is 3.92. The van der Waals surface area contributed by atoms with E-state index in [-0.39, 0.29) is 34.7 Å². The van der Waals surface area contributed by atoms with E-state index in [1.165, 1.54) is 12.1 Å². The van der Waals surface area contributed by atoms with Crippen LogP contribution in [0.3, 0.4) is 0 Å². The van der Waals surface area contributed by atoms with E-state index >= 15 is 0 Å². The predicted octanol–water partition coefficient (Wildman–Crippen LogP) is 5.65. The smallest absolute Gasteiger partial charge is 0.135 e. The molecule has 0 fully saturated rings. The van der Waals surface area contributed by atoms with Gasteiger partial charge in [0.15, 0.2) is 0 Å². The van der Waals surface area contributed by atoms with Gasteiger partial charge >= 0.3 is 0 Å². The Bertz CT molecular complexity index is 1350. The summed E-state index contributed by atoms with van der Waals surface area (Å²) in [7, 11) is 0. The first-order chi connectivity index (χ1) is 16.4. The lowest BCUT2D eigenvalue weighted by Crippen LogP contribution is -2.11. The van der Waals surface area contributed by atoms with Gasteiger partial charge in [0.25, 0.3) is 0 Å². The van der Waals surface area contributed by atoms with Crippen molar-refractivity contribution in [1.82, 2.24) is 0 Å². The molecule has 0 bridgehead atoms. The third kappa shape index (κ3) is 4.21. The summed E-state index contributed by atoms with van der Waals surface area (Å²) in [6, 6.07) is 21.4. The highest BCUT2D eigenvalue weighted by atomic mass is 16.5. The molecule has 0 amide bonds. The van der Waals surface area contributed by atoms with E-state index in [0.717, 1.165) is 16.7 Å². The van der Waals surface area contributed by atoms with Gasteiger partial charge in [-0.2, -0.15) is 0 Å². The number of aromatic hydroxyl groups is 5. The normalized spacial score (nSPS) is 16.9. The van der Waals surface area contributed by atoms with Crippen LogP contribution in [-0.2, 0) is 0 Å². The van der Waals surface area contributed by atoms with E-state index in [9.17, 15) is 25.5 Å². The number of fused-ring (bicyclic) bond motifs is 1. The van der Waals surface area contributed by atoms with Crippen molar-refractivity contribution in [3.63, 3.8) is 0 Å². The van der Waals surface area contributed by atoms with E-state index in [4.69, 9.17) is 4.74 Å². The largest absolute Gasteiger partial charge is 0.508 e. The molecular weight excluding hydrogens is 432 g/mol. The molecular formula is C28H22O6. The molecule has 6 heteroatoms. The summed E-state index contributed by atoms with van der Waals surface area (Å²) in [5.74, 6) is 0.357. The van der Waals surface area contributed by atoms with Gasteiger partial charge < -0.3 is 30.3 Å². The summed E-state index contributed by atoms with van der Waals surface area (Å²) >= 11 is 0. The van der Waals surface area contributed by atoms with Gasteiger partial charge in [-0.3, -0.25) is 0 Å². The van der Waals surface area contributed by atoms with E-state index in [1.807, 2.05) is 24.3 Å². The Morgan fingerprint density at radius 1 is 0.529 bits per heavy atom. The van der Waals surface area contributed by atoms with Crippen LogP contribution >= 0.6 is 0 Å². The second-order valence-electron chi connectivity index (χ2n) is 8.30. The van der Waals surface area contributed by atoms with E-state index in [0.29, 0.717) is 16.9 Å². The highest BCUT2D eigenvalue weighted by molar-refractivity contribution is 5.72. The van der Waals surface area contributed by atoms with E-state index < -0.39 is 6.10 Å². The lowest BCUT2D eigenvalue weighted by atomic mass is 9.84. The minimum atomic E-state index is -0.431. The molecule has 1 aliphatic heterocycles. The first-order valence-corrected chi connectivity index (χ1v) is 10.7. The maximum atomic E-state index is 10.1. The summed E-state index contributed by atoms with van der Waals surface area (Å²) < 4.78 is 6.29. The Labute approximate surface area is 195 Å². The fourth-order valence-corrected chi connectivity index (χ4v) is 4.37. The van der Waals surface area contributed by atoms with Crippen LogP contribution in [0.4, 0.5) is 0 Å². The molecule has 0 saturated heterocycles. The quantitative estimate of drug-likeness (QED) is 0.255. The SMILES string of the molecule is Oc1ccc(C2Oc3ccc(/C=C\c4cc(O)cc(O)c4)cc3C2c2cc(O)cc(O)c2)cc1. The monoisotopic (exact) mass is 454 g/mol. The topological polar surface area (TPSA) is 110 Å². The molecule has 2 atom stereocenters. The van der Waals surface area contributed by atoms with Crippen molar-refractivity contribution in [3.8, 4) is 34.5 Å². The molecule has 1 aliphatic rings. The van der Waals surface area contributed by atoms with Gasteiger partial charge in [-0.15, -0.1) is 0 Å². The van der Waals surface area contributed by atoms with Gasteiger partial charge in [-0.25, -0.2) is 0 Å². The molecule has 0 saturated carbocycles. The van der Waals surface area contributed by atoms with Gasteiger partial charge in [0.2, 0.25) is 0 Å². The molecule has 0 aromatic heterocycles. The maximum Gasteiger partial charge on any atom is 0.135 e. The van der Waals surface area contributed by atoms with Crippen LogP contribution in [0.15, 0.2) is 78.9 Å². The Kier molecular flexibility index (Phi) is 5.26. The second kappa shape index (κ2) is 8.41. The third-order valence-corrected chi connectivity index (χ3v) is 5.82. The Morgan fingerprint density at radius 3 is 1.76 bits per heavy atom. The van der Waals surface area contributed by atoms with Gasteiger partial charge in [0, 0.05) is 17.7 Å². The molecule has 0 radical (unpaired) electrons. The van der Waals surface area contributed by atoms with Crippen molar-refractivity contribution < 1.29 is 30.3 Å². The van der Waals surface area contributed by atoms with Gasteiger partial charge in [-0.05, 0) is 70.8 Å². The molecule has 2 unspecified atom stereocenters. The minimum absolute atomic E-state index is 0.0255. The lowest BCUT2D eigenvalue weighted by molar-refractivity contribution is 0.222. The molecule has 6 nitrogen and oxygen atoms in total. The first-order valence-electron chi connectivity index (χ1n) is 10.7. The zero-order valence-electron chi connectivity index (χ0n) is 18.0. The number of phenols is 5. The van der Waals surface area contributed by atoms with Crippen molar-refractivity contribution >= 4 is 12.2 Å². The molecule has 0 spiro atoms. The van der Waals surface area contributed by atoms with E-state index in [1.54, 1.807) is 54.6 Å². The summed E-state index contributed by atoms with van der Waals surface area (Å²) in [4.78, 5) is 0. The van der Waals surface area contributed by atoms with Crippen molar-refractivity contribution in [2.45, 2.75) is 12.0 Å². The van der Waals surface area contributed by atoms with Crippen LogP contribution in [0, 0.1) is 0 Å². The van der Waals surface area contributed by atoms with Crippen LogP contribution in [-0.4, -0.2) is 25.5 Å². The Morgan fingerprint density at radius 2 is 1.12 bits per heavy atom. The van der Waals surface area contributed by atoms with Crippen LogP contribution in [0.2, 0.25) is 0 Å². The number of phenolic OH excluding ortho intramolecular Hbond substituents is 5. The molecule has 1 heterocycles. The molecule has 5 N–H and O–H groups in total. The number of hydrogen-bond donors (Lipinski definition) is 5. The molecule has 170 valence electrons. The summed E-state index contributed by atoms with van der Waals surface area (Å²) in [6.07, 6.45) is 3.21. The van der Waals surface area contributed by atoms with Gasteiger partial charge in [0.05, 0.1) is 5.92 Å². The Balaban J connectivity index is 1.57. The van der Waals surface area contributed by atoms with Crippen molar-refractivity contribution in [1.29, 1.82) is 0 Å².